The van der Waals surface area contributed by atoms with Crippen LogP contribution in [0.25, 0.3) is 0 Å². The lowest BCUT2D eigenvalue weighted by atomic mass is 10.1. The average molecular weight is 353 g/mol. The molecule has 0 fully saturated rings. The van der Waals surface area contributed by atoms with Gasteiger partial charge in [0, 0.05) is 28.6 Å². The zero-order chi connectivity index (χ0) is 14.5. The van der Waals surface area contributed by atoms with E-state index >= 15 is 0 Å². The normalized spacial score (nSPS) is 10.8. The Morgan fingerprint density at radius 1 is 1.10 bits per heavy atom. The number of halogens is 2. The molecule has 0 saturated heterocycles. The van der Waals surface area contributed by atoms with E-state index in [1.165, 1.54) is 11.3 Å². The molecule has 0 N–H and O–H groups in total. The molecule has 3 heteroatoms. The number of alkyl halides is 1. The monoisotopic (exact) mass is 351 g/mol. The molecule has 0 aliphatic heterocycles. The van der Waals surface area contributed by atoms with Gasteiger partial charge in [0.05, 0.1) is 0 Å². The highest BCUT2D eigenvalue weighted by Crippen LogP contribution is 2.27. The molecule has 106 valence electrons. The van der Waals surface area contributed by atoms with Crippen molar-refractivity contribution < 1.29 is 0 Å². The lowest BCUT2D eigenvalue weighted by molar-refractivity contribution is 0.682. The lowest BCUT2D eigenvalue weighted by Gasteiger charge is -2.29. The molecular weight excluding hydrogens is 334 g/mol. The van der Waals surface area contributed by atoms with Crippen LogP contribution in [-0.4, -0.2) is 6.04 Å². The van der Waals surface area contributed by atoms with Gasteiger partial charge in [0.25, 0.3) is 0 Å². The van der Waals surface area contributed by atoms with Gasteiger partial charge in [-0.3, -0.25) is 0 Å². The Morgan fingerprint density at radius 3 is 2.35 bits per heavy atom. The molecule has 2 aromatic rings. The minimum Gasteiger partial charge on any atom is -0.365 e. The molecule has 0 bridgehead atoms. The molecule has 2 rings (SSSR count). The van der Waals surface area contributed by atoms with Crippen molar-refractivity contribution in [1.29, 1.82) is 0 Å². The fourth-order valence-electron chi connectivity index (χ4n) is 2.18. The molecule has 0 amide bonds. The van der Waals surface area contributed by atoms with Crippen LogP contribution in [0.15, 0.2) is 53.0 Å². The number of hydrogen-bond acceptors (Lipinski definition) is 1. The summed E-state index contributed by atoms with van der Waals surface area (Å²) in [4.78, 5) is 2.39. The fraction of sp³-hybridized carbons (Fsp3) is 0.294. The Bertz CT molecular complexity index is 554. The highest BCUT2D eigenvalue weighted by molar-refractivity contribution is 9.10. The summed E-state index contributed by atoms with van der Waals surface area (Å²) in [5.74, 6) is 0.529. The van der Waals surface area contributed by atoms with Crippen molar-refractivity contribution in [2.24, 2.45) is 0 Å². The molecular formula is C17H19BrClN. The maximum atomic E-state index is 5.91. The van der Waals surface area contributed by atoms with E-state index < -0.39 is 0 Å². The molecule has 0 heterocycles. The quantitative estimate of drug-likeness (QED) is 0.633. The van der Waals surface area contributed by atoms with Crippen LogP contribution in [0.5, 0.6) is 0 Å². The summed E-state index contributed by atoms with van der Waals surface area (Å²) in [5, 5.41) is 0. The van der Waals surface area contributed by atoms with Crippen molar-refractivity contribution in [2.45, 2.75) is 32.3 Å². The van der Waals surface area contributed by atoms with Crippen molar-refractivity contribution >= 4 is 33.2 Å². The van der Waals surface area contributed by atoms with Gasteiger partial charge in [-0.15, -0.1) is 11.6 Å². The van der Waals surface area contributed by atoms with Crippen LogP contribution >= 0.6 is 27.5 Å². The Morgan fingerprint density at radius 2 is 1.80 bits per heavy atom. The summed E-state index contributed by atoms with van der Waals surface area (Å²) in [6.07, 6.45) is 0. The van der Waals surface area contributed by atoms with E-state index in [2.05, 4.69) is 83.2 Å². The van der Waals surface area contributed by atoms with Gasteiger partial charge in [0.15, 0.2) is 0 Å². The molecule has 0 radical (unpaired) electrons. The van der Waals surface area contributed by atoms with Crippen molar-refractivity contribution in [1.82, 2.24) is 0 Å². The van der Waals surface area contributed by atoms with E-state index in [9.17, 15) is 0 Å². The van der Waals surface area contributed by atoms with Crippen molar-refractivity contribution in [2.75, 3.05) is 4.90 Å². The maximum absolute atomic E-state index is 5.91. The first-order chi connectivity index (χ1) is 9.61. The minimum atomic E-state index is 0.434. The largest absolute Gasteiger partial charge is 0.365 e. The summed E-state index contributed by atoms with van der Waals surface area (Å²) >= 11 is 9.51. The van der Waals surface area contributed by atoms with E-state index in [4.69, 9.17) is 11.6 Å². The van der Waals surface area contributed by atoms with Crippen LogP contribution in [0.1, 0.15) is 25.0 Å². The molecule has 0 unspecified atom stereocenters. The van der Waals surface area contributed by atoms with Crippen LogP contribution in [0.4, 0.5) is 5.69 Å². The molecule has 0 aliphatic carbocycles. The summed E-state index contributed by atoms with van der Waals surface area (Å²) in [6.45, 7) is 5.34. The Hall–Kier alpha value is -0.990. The molecule has 1 nitrogen and oxygen atoms in total. The molecule has 0 atom stereocenters. The second-order valence-electron chi connectivity index (χ2n) is 5.12. The van der Waals surface area contributed by atoms with Crippen molar-refractivity contribution in [3.63, 3.8) is 0 Å². The first kappa shape index (κ1) is 15.4. The highest BCUT2D eigenvalue weighted by Gasteiger charge is 2.12. The molecule has 0 spiro atoms. The number of rotatable bonds is 5. The summed E-state index contributed by atoms with van der Waals surface area (Å²) in [5.41, 5.74) is 3.65. The molecule has 0 aliphatic rings. The van der Waals surface area contributed by atoms with Gasteiger partial charge in [-0.2, -0.15) is 0 Å². The van der Waals surface area contributed by atoms with Crippen LogP contribution in [0, 0.1) is 0 Å². The third-order valence-electron chi connectivity index (χ3n) is 3.33. The second-order valence-corrected chi connectivity index (χ2v) is 6.24. The van der Waals surface area contributed by atoms with Crippen LogP contribution in [0.3, 0.4) is 0 Å². The predicted octanol–water partition coefficient (Wildman–Crippen LogP) is 5.60. The third-order valence-corrected chi connectivity index (χ3v) is 4.36. The first-order valence-electron chi connectivity index (χ1n) is 6.76. The Kier molecular flexibility index (Phi) is 5.50. The van der Waals surface area contributed by atoms with E-state index in [0.717, 1.165) is 16.6 Å². The van der Waals surface area contributed by atoms with Crippen molar-refractivity contribution in [3.05, 3.63) is 64.1 Å². The maximum Gasteiger partial charge on any atom is 0.0485 e. The topological polar surface area (TPSA) is 3.24 Å². The van der Waals surface area contributed by atoms with E-state index in [0.29, 0.717) is 11.9 Å². The van der Waals surface area contributed by atoms with Crippen LogP contribution in [-0.2, 0) is 12.4 Å². The highest BCUT2D eigenvalue weighted by atomic mass is 79.9. The average Bonchev–Trinajstić information content (AvgIpc) is 2.45. The fourth-order valence-corrected chi connectivity index (χ4v) is 3.08. The van der Waals surface area contributed by atoms with E-state index in [-0.39, 0.29) is 0 Å². The van der Waals surface area contributed by atoms with Gasteiger partial charge in [-0.1, -0.05) is 52.3 Å². The van der Waals surface area contributed by atoms with Gasteiger partial charge >= 0.3 is 0 Å². The second kappa shape index (κ2) is 7.14. The predicted molar refractivity (Wildman–Crippen MR) is 91.5 cm³/mol. The smallest absolute Gasteiger partial charge is 0.0485 e. The minimum absolute atomic E-state index is 0.434. The summed E-state index contributed by atoms with van der Waals surface area (Å²) < 4.78 is 1.07. The van der Waals surface area contributed by atoms with Crippen LogP contribution in [0.2, 0.25) is 0 Å². The van der Waals surface area contributed by atoms with Gasteiger partial charge in [-0.25, -0.2) is 0 Å². The number of hydrogen-bond donors (Lipinski definition) is 0. The van der Waals surface area contributed by atoms with Gasteiger partial charge in [0.1, 0.15) is 0 Å². The zero-order valence-electron chi connectivity index (χ0n) is 11.8. The van der Waals surface area contributed by atoms with E-state index in [1.807, 2.05) is 0 Å². The SMILES string of the molecule is CC(C)N(Cc1ccccc1)c1ccc(CCl)c(Br)c1. The first-order valence-corrected chi connectivity index (χ1v) is 8.09. The number of nitrogens with zero attached hydrogens (tertiary/aromatic N) is 1. The molecule has 0 aromatic heterocycles. The number of benzene rings is 2. The standard InChI is InChI=1S/C17H19BrClN/c1-13(2)20(12-14-6-4-3-5-7-14)16-9-8-15(11-19)17(18)10-16/h3-10,13H,11-12H2,1-2H3. The van der Waals surface area contributed by atoms with Gasteiger partial charge < -0.3 is 4.90 Å². The summed E-state index contributed by atoms with van der Waals surface area (Å²) in [7, 11) is 0. The van der Waals surface area contributed by atoms with Gasteiger partial charge in [0.2, 0.25) is 0 Å². The molecule has 2 aromatic carbocycles. The summed E-state index contributed by atoms with van der Waals surface area (Å²) in [6, 6.07) is 17.4. The van der Waals surface area contributed by atoms with Crippen molar-refractivity contribution in [3.8, 4) is 0 Å². The Labute approximate surface area is 134 Å². The zero-order valence-corrected chi connectivity index (χ0v) is 14.2. The van der Waals surface area contributed by atoms with Crippen LogP contribution < -0.4 is 4.90 Å². The van der Waals surface area contributed by atoms with E-state index in [1.54, 1.807) is 0 Å². The Balaban J connectivity index is 2.27. The third kappa shape index (κ3) is 3.77. The molecule has 20 heavy (non-hydrogen) atoms. The molecule has 0 saturated carbocycles. The number of anilines is 1. The lowest BCUT2D eigenvalue weighted by Crippen LogP contribution is -2.30. The van der Waals surface area contributed by atoms with Gasteiger partial charge in [-0.05, 0) is 37.1 Å².